The lowest BCUT2D eigenvalue weighted by atomic mass is 9.94. The van der Waals surface area contributed by atoms with Gasteiger partial charge in [-0.1, -0.05) is 6.07 Å². The number of ether oxygens (including phenoxy) is 1. The van der Waals surface area contributed by atoms with E-state index in [1.807, 2.05) is 19.1 Å². The highest BCUT2D eigenvalue weighted by Gasteiger charge is 2.42. The van der Waals surface area contributed by atoms with Crippen molar-refractivity contribution in [1.82, 2.24) is 10.2 Å². The number of esters is 1. The molecule has 0 saturated carbocycles. The molecule has 7 heteroatoms. The summed E-state index contributed by atoms with van der Waals surface area (Å²) in [7, 11) is 0. The zero-order chi connectivity index (χ0) is 18.9. The summed E-state index contributed by atoms with van der Waals surface area (Å²) in [4.78, 5) is 38.7. The third kappa shape index (κ3) is 3.38. The normalized spacial score (nSPS) is 23.6. The van der Waals surface area contributed by atoms with E-state index in [0.29, 0.717) is 24.9 Å². The number of benzene rings is 1. The quantitative estimate of drug-likeness (QED) is 0.804. The van der Waals surface area contributed by atoms with Crippen LogP contribution in [-0.2, 0) is 14.3 Å². The predicted octanol–water partition coefficient (Wildman–Crippen LogP) is 1.81. The standard InChI is InChI=1S/C19H25N3O4/c1-4-26-18(25)13(3)22-10-9-19(8-7-16(22)23)20-15-11-12(2)5-6-14(15)17(24)21-19/h5-6,11,13,20H,4,7-10H2,1-3H3,(H,21,24). The Balaban J connectivity index is 1.80. The molecule has 2 heterocycles. The number of carbonyl (C=O) groups is 3. The Kier molecular flexibility index (Phi) is 4.89. The summed E-state index contributed by atoms with van der Waals surface area (Å²) in [5, 5.41) is 6.47. The molecule has 1 saturated heterocycles. The van der Waals surface area contributed by atoms with E-state index in [-0.39, 0.29) is 24.8 Å². The van der Waals surface area contributed by atoms with Crippen LogP contribution in [0.15, 0.2) is 18.2 Å². The molecule has 0 bridgehead atoms. The van der Waals surface area contributed by atoms with Crippen molar-refractivity contribution in [3.05, 3.63) is 29.3 Å². The van der Waals surface area contributed by atoms with Gasteiger partial charge in [-0.3, -0.25) is 9.59 Å². The van der Waals surface area contributed by atoms with Gasteiger partial charge in [0.25, 0.3) is 5.91 Å². The maximum absolute atomic E-state index is 12.5. The summed E-state index contributed by atoms with van der Waals surface area (Å²) in [6.07, 6.45) is 1.23. The van der Waals surface area contributed by atoms with Crippen molar-refractivity contribution in [3.8, 4) is 0 Å². The van der Waals surface area contributed by atoms with Crippen LogP contribution < -0.4 is 10.6 Å². The number of likely N-dealkylation sites (tertiary alicyclic amines) is 1. The van der Waals surface area contributed by atoms with Crippen molar-refractivity contribution in [1.29, 1.82) is 0 Å². The first-order chi connectivity index (χ1) is 12.3. The van der Waals surface area contributed by atoms with Gasteiger partial charge < -0.3 is 20.3 Å². The fraction of sp³-hybridized carbons (Fsp3) is 0.526. The maximum atomic E-state index is 12.5. The van der Waals surface area contributed by atoms with E-state index in [1.54, 1.807) is 24.8 Å². The highest BCUT2D eigenvalue weighted by Crippen LogP contribution is 2.32. The van der Waals surface area contributed by atoms with E-state index < -0.39 is 17.7 Å². The number of nitrogens with zero attached hydrogens (tertiary/aromatic N) is 1. The molecule has 140 valence electrons. The Bertz CT molecular complexity index is 748. The largest absolute Gasteiger partial charge is 0.464 e. The molecular weight excluding hydrogens is 334 g/mol. The maximum Gasteiger partial charge on any atom is 0.328 e. The monoisotopic (exact) mass is 359 g/mol. The number of anilines is 1. The molecule has 26 heavy (non-hydrogen) atoms. The lowest BCUT2D eigenvalue weighted by Crippen LogP contribution is -2.58. The number of hydrogen-bond acceptors (Lipinski definition) is 5. The van der Waals surface area contributed by atoms with E-state index in [4.69, 9.17) is 4.74 Å². The summed E-state index contributed by atoms with van der Waals surface area (Å²) in [5.41, 5.74) is 1.77. The molecule has 1 fully saturated rings. The minimum Gasteiger partial charge on any atom is -0.464 e. The molecular formula is C19H25N3O4. The summed E-state index contributed by atoms with van der Waals surface area (Å²) < 4.78 is 5.04. The molecule has 2 atom stereocenters. The molecule has 0 radical (unpaired) electrons. The zero-order valence-corrected chi connectivity index (χ0v) is 15.4. The number of aryl methyl sites for hydroxylation is 1. The Morgan fingerprint density at radius 3 is 2.81 bits per heavy atom. The van der Waals surface area contributed by atoms with E-state index in [0.717, 1.165) is 11.3 Å². The van der Waals surface area contributed by atoms with Gasteiger partial charge in [-0.25, -0.2) is 4.79 Å². The molecule has 2 unspecified atom stereocenters. The van der Waals surface area contributed by atoms with Gasteiger partial charge in [-0.15, -0.1) is 0 Å². The summed E-state index contributed by atoms with van der Waals surface area (Å²) in [6, 6.07) is 5.02. The topological polar surface area (TPSA) is 87.7 Å². The van der Waals surface area contributed by atoms with E-state index in [1.165, 1.54) is 0 Å². The smallest absolute Gasteiger partial charge is 0.328 e. The Labute approximate surface area is 153 Å². The SMILES string of the molecule is CCOC(=O)C(C)N1CCC2(CCC1=O)NC(=O)c1ccc(C)cc1N2. The van der Waals surface area contributed by atoms with Crippen LogP contribution in [0.4, 0.5) is 5.69 Å². The number of nitrogens with one attached hydrogen (secondary N) is 2. The first kappa shape index (κ1) is 18.2. The molecule has 7 nitrogen and oxygen atoms in total. The first-order valence-electron chi connectivity index (χ1n) is 9.03. The molecule has 2 aliphatic heterocycles. The minimum absolute atomic E-state index is 0.103. The van der Waals surface area contributed by atoms with Crippen molar-refractivity contribution in [2.45, 2.75) is 51.7 Å². The van der Waals surface area contributed by atoms with Gasteiger partial charge in [-0.2, -0.15) is 0 Å². The number of rotatable bonds is 3. The predicted molar refractivity (Wildman–Crippen MR) is 96.7 cm³/mol. The van der Waals surface area contributed by atoms with Gasteiger partial charge in [0.05, 0.1) is 12.2 Å². The molecule has 1 aromatic rings. The van der Waals surface area contributed by atoms with Crippen LogP contribution in [-0.4, -0.2) is 47.5 Å². The van der Waals surface area contributed by atoms with Crippen molar-refractivity contribution >= 4 is 23.5 Å². The molecule has 1 spiro atoms. The van der Waals surface area contributed by atoms with Crippen LogP contribution in [0.5, 0.6) is 0 Å². The fourth-order valence-electron chi connectivity index (χ4n) is 3.61. The van der Waals surface area contributed by atoms with Crippen LogP contribution in [0.25, 0.3) is 0 Å². The van der Waals surface area contributed by atoms with E-state index in [9.17, 15) is 14.4 Å². The second-order valence-electron chi connectivity index (χ2n) is 6.98. The Morgan fingerprint density at radius 1 is 1.31 bits per heavy atom. The molecule has 2 aliphatic rings. The van der Waals surface area contributed by atoms with Crippen LogP contribution in [0.3, 0.4) is 0 Å². The highest BCUT2D eigenvalue weighted by molar-refractivity contribution is 6.02. The lowest BCUT2D eigenvalue weighted by Gasteiger charge is -2.40. The van der Waals surface area contributed by atoms with Crippen molar-refractivity contribution in [2.75, 3.05) is 18.5 Å². The molecule has 0 aliphatic carbocycles. The first-order valence-corrected chi connectivity index (χ1v) is 9.03. The van der Waals surface area contributed by atoms with Gasteiger partial charge in [0.2, 0.25) is 5.91 Å². The van der Waals surface area contributed by atoms with Crippen molar-refractivity contribution in [3.63, 3.8) is 0 Å². The third-order valence-corrected chi connectivity index (χ3v) is 5.11. The molecule has 0 aromatic heterocycles. The summed E-state index contributed by atoms with van der Waals surface area (Å²) in [5.74, 6) is -0.648. The molecule has 1 aromatic carbocycles. The molecule has 2 N–H and O–H groups in total. The Morgan fingerprint density at radius 2 is 2.08 bits per heavy atom. The van der Waals surface area contributed by atoms with Crippen LogP contribution >= 0.6 is 0 Å². The highest BCUT2D eigenvalue weighted by atomic mass is 16.5. The second kappa shape index (κ2) is 6.97. The number of hydrogen-bond donors (Lipinski definition) is 2. The van der Waals surface area contributed by atoms with Gasteiger partial charge in [0.1, 0.15) is 11.7 Å². The van der Waals surface area contributed by atoms with Gasteiger partial charge in [-0.05, 0) is 44.9 Å². The lowest BCUT2D eigenvalue weighted by molar-refractivity contribution is -0.153. The van der Waals surface area contributed by atoms with Gasteiger partial charge >= 0.3 is 5.97 Å². The van der Waals surface area contributed by atoms with Gasteiger partial charge in [0, 0.05) is 25.1 Å². The average Bonchev–Trinajstić information content (AvgIpc) is 2.74. The van der Waals surface area contributed by atoms with E-state index in [2.05, 4.69) is 10.6 Å². The van der Waals surface area contributed by atoms with Gasteiger partial charge in [0.15, 0.2) is 0 Å². The van der Waals surface area contributed by atoms with Crippen LogP contribution in [0.2, 0.25) is 0 Å². The van der Waals surface area contributed by atoms with Crippen LogP contribution in [0, 0.1) is 6.92 Å². The molecule has 2 amide bonds. The average molecular weight is 359 g/mol. The Hall–Kier alpha value is -2.57. The van der Waals surface area contributed by atoms with E-state index >= 15 is 0 Å². The van der Waals surface area contributed by atoms with Crippen molar-refractivity contribution < 1.29 is 19.1 Å². The summed E-state index contributed by atoms with van der Waals surface area (Å²) in [6.45, 7) is 6.04. The number of amides is 2. The number of fused-ring (bicyclic) bond motifs is 1. The second-order valence-corrected chi connectivity index (χ2v) is 6.98. The fourth-order valence-corrected chi connectivity index (χ4v) is 3.61. The zero-order valence-electron chi connectivity index (χ0n) is 15.4. The molecule has 3 rings (SSSR count). The number of carbonyl (C=O) groups excluding carboxylic acids is 3. The van der Waals surface area contributed by atoms with Crippen molar-refractivity contribution in [2.24, 2.45) is 0 Å². The summed E-state index contributed by atoms with van der Waals surface area (Å²) >= 11 is 0. The van der Waals surface area contributed by atoms with Crippen LogP contribution in [0.1, 0.15) is 49.0 Å². The third-order valence-electron chi connectivity index (χ3n) is 5.11. The minimum atomic E-state index is -0.684.